The molecule has 3 aromatic rings. The van der Waals surface area contributed by atoms with Gasteiger partial charge in [0.15, 0.2) is 0 Å². The van der Waals surface area contributed by atoms with Gasteiger partial charge in [-0.15, -0.1) is 0 Å². The zero-order valence-corrected chi connectivity index (χ0v) is 18.5. The first kappa shape index (κ1) is 22.3. The molecule has 33 heavy (non-hydrogen) atoms. The number of hydrogen-bond donors (Lipinski definition) is 3. The van der Waals surface area contributed by atoms with Gasteiger partial charge in [-0.3, -0.25) is 9.59 Å². The molecule has 170 valence electrons. The van der Waals surface area contributed by atoms with Crippen LogP contribution in [-0.4, -0.2) is 37.1 Å². The zero-order chi connectivity index (χ0) is 23.0. The molecule has 0 spiro atoms. The third-order valence-electron chi connectivity index (χ3n) is 5.45. The molecule has 0 bridgehead atoms. The van der Waals surface area contributed by atoms with Gasteiger partial charge in [0.25, 0.3) is 0 Å². The molecule has 1 aliphatic heterocycles. The van der Waals surface area contributed by atoms with E-state index in [1.807, 2.05) is 60.7 Å². The highest BCUT2D eigenvalue weighted by Crippen LogP contribution is 2.31. The van der Waals surface area contributed by atoms with Crippen LogP contribution in [0.25, 0.3) is 0 Å². The van der Waals surface area contributed by atoms with E-state index < -0.39 is 11.8 Å². The van der Waals surface area contributed by atoms with Gasteiger partial charge >= 0.3 is 11.8 Å². The smallest absolute Gasteiger partial charge is 0.313 e. The van der Waals surface area contributed by atoms with Gasteiger partial charge in [0, 0.05) is 50.9 Å². The molecule has 0 radical (unpaired) electrons. The van der Waals surface area contributed by atoms with E-state index in [1.165, 1.54) is 0 Å². The van der Waals surface area contributed by atoms with Crippen molar-refractivity contribution in [1.82, 2.24) is 10.3 Å². The van der Waals surface area contributed by atoms with Crippen molar-refractivity contribution in [2.24, 2.45) is 0 Å². The van der Waals surface area contributed by atoms with Crippen LogP contribution in [0.4, 0.5) is 17.2 Å². The SMILES string of the molecule is COCCNc1ccc(CNC(=O)C(=O)Nc2cccc3c2CN(c2ccccn2)C3)cc1. The number of methoxy groups -OCH3 is 1. The van der Waals surface area contributed by atoms with Crippen LogP contribution in [0.5, 0.6) is 0 Å². The van der Waals surface area contributed by atoms with E-state index in [0.717, 1.165) is 34.7 Å². The number of ether oxygens (including phenoxy) is 1. The molecular weight excluding hydrogens is 418 g/mol. The predicted octanol–water partition coefficient (Wildman–Crippen LogP) is 2.92. The minimum absolute atomic E-state index is 0.269. The third kappa shape index (κ3) is 5.67. The number of fused-ring (bicyclic) bond motifs is 1. The Morgan fingerprint density at radius 1 is 1.00 bits per heavy atom. The van der Waals surface area contributed by atoms with Crippen molar-refractivity contribution < 1.29 is 14.3 Å². The molecule has 2 heterocycles. The summed E-state index contributed by atoms with van der Waals surface area (Å²) >= 11 is 0. The fourth-order valence-corrected chi connectivity index (χ4v) is 3.72. The molecule has 0 fully saturated rings. The minimum Gasteiger partial charge on any atom is -0.383 e. The first-order chi connectivity index (χ1) is 16.1. The number of nitrogens with zero attached hydrogens (tertiary/aromatic N) is 2. The molecule has 3 N–H and O–H groups in total. The number of hydrogen-bond acceptors (Lipinski definition) is 6. The van der Waals surface area contributed by atoms with E-state index in [1.54, 1.807) is 13.3 Å². The number of aromatic nitrogens is 1. The molecule has 8 nitrogen and oxygen atoms in total. The lowest BCUT2D eigenvalue weighted by atomic mass is 10.1. The van der Waals surface area contributed by atoms with E-state index in [-0.39, 0.29) is 6.54 Å². The maximum atomic E-state index is 12.5. The van der Waals surface area contributed by atoms with Crippen LogP contribution in [0, 0.1) is 0 Å². The summed E-state index contributed by atoms with van der Waals surface area (Å²) in [5.74, 6) is -0.476. The van der Waals surface area contributed by atoms with Gasteiger partial charge in [-0.1, -0.05) is 30.3 Å². The molecule has 0 aliphatic carbocycles. The summed E-state index contributed by atoms with van der Waals surface area (Å²) in [6.45, 7) is 2.94. The van der Waals surface area contributed by atoms with Crippen molar-refractivity contribution >= 4 is 29.0 Å². The largest absolute Gasteiger partial charge is 0.383 e. The lowest BCUT2D eigenvalue weighted by Crippen LogP contribution is -2.35. The standard InChI is InChI=1S/C25H27N5O3/c1-33-14-13-26-20-10-8-18(9-11-20)15-28-24(31)25(32)29-22-6-4-5-19-16-30(17-21(19)22)23-7-2-3-12-27-23/h2-12,26H,13-17H2,1H3,(H,28,31)(H,29,32). The molecule has 1 aliphatic rings. The molecule has 8 heteroatoms. The van der Waals surface area contributed by atoms with Crippen molar-refractivity contribution in [1.29, 1.82) is 0 Å². The number of nitrogens with one attached hydrogen (secondary N) is 3. The molecule has 0 saturated heterocycles. The van der Waals surface area contributed by atoms with E-state index >= 15 is 0 Å². The van der Waals surface area contributed by atoms with E-state index in [4.69, 9.17) is 4.74 Å². The highest BCUT2D eigenvalue weighted by molar-refractivity contribution is 6.39. The molecule has 4 rings (SSSR count). The number of pyridine rings is 1. The number of anilines is 3. The number of rotatable bonds is 8. The predicted molar refractivity (Wildman–Crippen MR) is 128 cm³/mol. The molecule has 0 saturated carbocycles. The van der Waals surface area contributed by atoms with Crippen molar-refractivity contribution in [3.8, 4) is 0 Å². The minimum atomic E-state index is -0.683. The van der Waals surface area contributed by atoms with Crippen LogP contribution in [-0.2, 0) is 34.0 Å². The summed E-state index contributed by atoms with van der Waals surface area (Å²) in [5.41, 5.74) is 4.63. The maximum absolute atomic E-state index is 12.5. The molecule has 0 atom stereocenters. The summed E-state index contributed by atoms with van der Waals surface area (Å²) in [7, 11) is 1.66. The molecule has 2 aromatic carbocycles. The molecule has 1 aromatic heterocycles. The Balaban J connectivity index is 1.31. The Kier molecular flexibility index (Phi) is 7.16. The average Bonchev–Trinajstić information content (AvgIpc) is 3.29. The Hall–Kier alpha value is -3.91. The number of benzene rings is 2. The molecule has 0 unspecified atom stereocenters. The number of carbonyl (C=O) groups excluding carboxylic acids is 2. The first-order valence-electron chi connectivity index (χ1n) is 10.8. The Morgan fingerprint density at radius 3 is 2.61 bits per heavy atom. The highest BCUT2D eigenvalue weighted by atomic mass is 16.5. The first-order valence-corrected chi connectivity index (χ1v) is 10.8. The van der Waals surface area contributed by atoms with E-state index in [9.17, 15) is 9.59 Å². The van der Waals surface area contributed by atoms with Gasteiger partial charge in [-0.05, 0) is 47.0 Å². The van der Waals surface area contributed by atoms with Crippen molar-refractivity contribution in [2.75, 3.05) is 35.8 Å². The maximum Gasteiger partial charge on any atom is 0.313 e. The Morgan fingerprint density at radius 2 is 1.85 bits per heavy atom. The monoisotopic (exact) mass is 445 g/mol. The second-order valence-electron chi connectivity index (χ2n) is 7.74. The summed E-state index contributed by atoms with van der Waals surface area (Å²) in [5, 5.41) is 8.68. The van der Waals surface area contributed by atoms with E-state index in [0.29, 0.717) is 25.4 Å². The van der Waals surface area contributed by atoms with Crippen LogP contribution >= 0.6 is 0 Å². The van der Waals surface area contributed by atoms with Gasteiger partial charge in [-0.2, -0.15) is 0 Å². The Labute approximate surface area is 193 Å². The average molecular weight is 446 g/mol. The summed E-state index contributed by atoms with van der Waals surface area (Å²) in [6.07, 6.45) is 1.76. The van der Waals surface area contributed by atoms with Crippen molar-refractivity contribution in [3.05, 3.63) is 83.6 Å². The van der Waals surface area contributed by atoms with Gasteiger partial charge in [0.05, 0.1) is 6.61 Å². The van der Waals surface area contributed by atoms with Gasteiger partial charge in [0.1, 0.15) is 5.82 Å². The quantitative estimate of drug-likeness (QED) is 0.365. The second-order valence-corrected chi connectivity index (χ2v) is 7.74. The van der Waals surface area contributed by atoms with Gasteiger partial charge < -0.3 is 25.6 Å². The third-order valence-corrected chi connectivity index (χ3v) is 5.45. The Bertz CT molecular complexity index is 1100. The summed E-state index contributed by atoms with van der Waals surface area (Å²) in [6, 6.07) is 19.2. The summed E-state index contributed by atoms with van der Waals surface area (Å²) < 4.78 is 5.01. The van der Waals surface area contributed by atoms with Gasteiger partial charge in [0.2, 0.25) is 0 Å². The van der Waals surface area contributed by atoms with E-state index in [2.05, 4.69) is 25.8 Å². The van der Waals surface area contributed by atoms with Crippen LogP contribution in [0.15, 0.2) is 66.9 Å². The van der Waals surface area contributed by atoms with Crippen LogP contribution in [0.3, 0.4) is 0 Å². The van der Waals surface area contributed by atoms with Crippen LogP contribution in [0.1, 0.15) is 16.7 Å². The fourth-order valence-electron chi connectivity index (χ4n) is 3.72. The normalized spacial score (nSPS) is 12.2. The van der Waals surface area contributed by atoms with Gasteiger partial charge in [-0.25, -0.2) is 4.98 Å². The lowest BCUT2D eigenvalue weighted by molar-refractivity contribution is -0.136. The van der Waals surface area contributed by atoms with Crippen LogP contribution < -0.4 is 20.9 Å². The summed E-state index contributed by atoms with van der Waals surface area (Å²) in [4.78, 5) is 31.4. The number of carbonyl (C=O) groups is 2. The molecular formula is C25H27N5O3. The van der Waals surface area contributed by atoms with Crippen LogP contribution in [0.2, 0.25) is 0 Å². The molecule has 2 amide bonds. The zero-order valence-electron chi connectivity index (χ0n) is 18.5. The number of amides is 2. The van der Waals surface area contributed by atoms with Crippen molar-refractivity contribution in [2.45, 2.75) is 19.6 Å². The second kappa shape index (κ2) is 10.6. The lowest BCUT2D eigenvalue weighted by Gasteiger charge is -2.16. The topological polar surface area (TPSA) is 95.6 Å². The van der Waals surface area contributed by atoms with Crippen molar-refractivity contribution in [3.63, 3.8) is 0 Å². The highest BCUT2D eigenvalue weighted by Gasteiger charge is 2.24. The fraction of sp³-hybridized carbons (Fsp3) is 0.240.